The predicted octanol–water partition coefficient (Wildman–Crippen LogP) is 2.83. The Bertz CT molecular complexity index is 672. The first-order chi connectivity index (χ1) is 11.1. The zero-order valence-corrected chi connectivity index (χ0v) is 14.4. The molecule has 0 unspecified atom stereocenters. The molecule has 0 saturated carbocycles. The average Bonchev–Trinajstić information content (AvgIpc) is 3.05. The molecule has 3 fully saturated rings. The molecule has 4 nitrogen and oxygen atoms in total. The Kier molecular flexibility index (Phi) is 3.65. The molecular formula is C18H19BrN2O2. The minimum absolute atomic E-state index is 0.0384. The second-order valence-corrected chi connectivity index (χ2v) is 7.56. The summed E-state index contributed by atoms with van der Waals surface area (Å²) in [6.45, 7) is 5.64. The Morgan fingerprint density at radius 3 is 2.61 bits per heavy atom. The number of benzene rings is 1. The number of piperidine rings is 1. The number of anilines is 1. The van der Waals surface area contributed by atoms with Gasteiger partial charge in [-0.15, -0.1) is 6.58 Å². The highest BCUT2D eigenvalue weighted by molar-refractivity contribution is 9.10. The van der Waals surface area contributed by atoms with Crippen LogP contribution in [-0.2, 0) is 9.59 Å². The molecule has 0 bridgehead atoms. The SMILES string of the molecule is C=C[C@@H]1CCCN2C[C@@H]3C(=O)N(c4ccc(Br)cc4)C(=O)[C@@H]3[C@@H]12. The van der Waals surface area contributed by atoms with Crippen molar-refractivity contribution in [2.75, 3.05) is 18.0 Å². The highest BCUT2D eigenvalue weighted by Crippen LogP contribution is 2.45. The zero-order valence-electron chi connectivity index (χ0n) is 12.8. The third-order valence-electron chi connectivity index (χ3n) is 5.51. The Morgan fingerprint density at radius 2 is 1.91 bits per heavy atom. The van der Waals surface area contributed by atoms with Crippen molar-refractivity contribution in [2.45, 2.75) is 18.9 Å². The largest absolute Gasteiger partial charge is 0.298 e. The molecule has 3 heterocycles. The van der Waals surface area contributed by atoms with E-state index < -0.39 is 0 Å². The van der Waals surface area contributed by atoms with E-state index in [2.05, 4.69) is 27.4 Å². The van der Waals surface area contributed by atoms with Gasteiger partial charge >= 0.3 is 0 Å². The maximum absolute atomic E-state index is 13.0. The number of carbonyl (C=O) groups excluding carboxylic acids is 2. The molecule has 3 aliphatic rings. The van der Waals surface area contributed by atoms with Crippen molar-refractivity contribution in [2.24, 2.45) is 17.8 Å². The van der Waals surface area contributed by atoms with Gasteiger partial charge in [-0.05, 0) is 49.6 Å². The van der Waals surface area contributed by atoms with Crippen LogP contribution in [0.5, 0.6) is 0 Å². The fourth-order valence-corrected chi connectivity index (χ4v) is 4.77. The van der Waals surface area contributed by atoms with Crippen LogP contribution >= 0.6 is 15.9 Å². The van der Waals surface area contributed by atoms with Gasteiger partial charge in [0.2, 0.25) is 11.8 Å². The molecule has 0 radical (unpaired) electrons. The first-order valence-electron chi connectivity index (χ1n) is 8.12. The molecule has 120 valence electrons. The molecule has 0 N–H and O–H groups in total. The van der Waals surface area contributed by atoms with Crippen molar-refractivity contribution in [1.82, 2.24) is 4.90 Å². The number of carbonyl (C=O) groups is 2. The standard InChI is InChI=1S/C18H19BrN2O2/c1-2-11-4-3-9-20-10-14-15(16(11)20)18(23)21(17(14)22)13-7-5-12(19)6-8-13/h2,5-8,11,14-16H,1,3-4,9-10H2/t11-,14+,15+,16-/m1/s1. The summed E-state index contributed by atoms with van der Waals surface area (Å²) in [7, 11) is 0. The molecule has 23 heavy (non-hydrogen) atoms. The Labute approximate surface area is 144 Å². The number of hydrogen-bond acceptors (Lipinski definition) is 3. The first-order valence-corrected chi connectivity index (χ1v) is 8.91. The van der Waals surface area contributed by atoms with Crippen LogP contribution in [0.4, 0.5) is 5.69 Å². The van der Waals surface area contributed by atoms with Gasteiger partial charge in [-0.2, -0.15) is 0 Å². The number of nitrogens with zero attached hydrogens (tertiary/aromatic N) is 2. The topological polar surface area (TPSA) is 40.6 Å². The van der Waals surface area contributed by atoms with Crippen molar-refractivity contribution in [3.63, 3.8) is 0 Å². The summed E-state index contributed by atoms with van der Waals surface area (Å²) in [5.74, 6) is -0.186. The van der Waals surface area contributed by atoms with E-state index in [1.165, 1.54) is 4.90 Å². The van der Waals surface area contributed by atoms with Gasteiger partial charge in [-0.3, -0.25) is 14.5 Å². The summed E-state index contributed by atoms with van der Waals surface area (Å²) in [5, 5.41) is 0. The number of imide groups is 1. The second kappa shape index (κ2) is 5.56. The summed E-state index contributed by atoms with van der Waals surface area (Å²) in [4.78, 5) is 29.6. The van der Waals surface area contributed by atoms with Crippen LogP contribution in [0.25, 0.3) is 0 Å². The normalized spacial score (nSPS) is 33.7. The number of amides is 2. The Balaban J connectivity index is 1.69. The van der Waals surface area contributed by atoms with E-state index in [-0.39, 0.29) is 29.7 Å². The molecule has 0 spiro atoms. The van der Waals surface area contributed by atoms with E-state index in [0.717, 1.165) is 23.9 Å². The molecular weight excluding hydrogens is 356 g/mol. The molecule has 3 saturated heterocycles. The number of rotatable bonds is 2. The van der Waals surface area contributed by atoms with Gasteiger partial charge in [-0.25, -0.2) is 4.90 Å². The lowest BCUT2D eigenvalue weighted by molar-refractivity contribution is -0.124. The lowest BCUT2D eigenvalue weighted by Gasteiger charge is -2.37. The zero-order chi connectivity index (χ0) is 16.1. The summed E-state index contributed by atoms with van der Waals surface area (Å²) in [6.07, 6.45) is 4.15. The summed E-state index contributed by atoms with van der Waals surface area (Å²) >= 11 is 3.39. The monoisotopic (exact) mass is 374 g/mol. The van der Waals surface area contributed by atoms with Crippen molar-refractivity contribution >= 4 is 33.4 Å². The average molecular weight is 375 g/mol. The number of hydrogen-bond donors (Lipinski definition) is 0. The molecule has 3 aliphatic heterocycles. The van der Waals surface area contributed by atoms with Gasteiger partial charge < -0.3 is 0 Å². The predicted molar refractivity (Wildman–Crippen MR) is 91.9 cm³/mol. The summed E-state index contributed by atoms with van der Waals surface area (Å²) in [5.41, 5.74) is 0.676. The minimum atomic E-state index is -0.213. The molecule has 1 aromatic rings. The van der Waals surface area contributed by atoms with E-state index in [0.29, 0.717) is 18.2 Å². The van der Waals surface area contributed by atoms with Crippen LogP contribution in [0.2, 0.25) is 0 Å². The van der Waals surface area contributed by atoms with Crippen LogP contribution < -0.4 is 4.90 Å². The molecule has 4 atom stereocenters. The van der Waals surface area contributed by atoms with E-state index >= 15 is 0 Å². The highest BCUT2D eigenvalue weighted by atomic mass is 79.9. The van der Waals surface area contributed by atoms with Crippen LogP contribution in [-0.4, -0.2) is 35.8 Å². The second-order valence-electron chi connectivity index (χ2n) is 6.65. The van der Waals surface area contributed by atoms with Gasteiger partial charge in [0.15, 0.2) is 0 Å². The molecule has 0 aliphatic carbocycles. The van der Waals surface area contributed by atoms with Crippen LogP contribution in [0.1, 0.15) is 12.8 Å². The van der Waals surface area contributed by atoms with Crippen molar-refractivity contribution in [3.05, 3.63) is 41.4 Å². The van der Waals surface area contributed by atoms with Gasteiger partial charge in [0.25, 0.3) is 0 Å². The highest BCUT2D eigenvalue weighted by Gasteiger charge is 2.59. The van der Waals surface area contributed by atoms with E-state index in [4.69, 9.17) is 0 Å². The van der Waals surface area contributed by atoms with Crippen LogP contribution in [0.3, 0.4) is 0 Å². The lowest BCUT2D eigenvalue weighted by Crippen LogP contribution is -2.47. The minimum Gasteiger partial charge on any atom is -0.298 e. The smallest absolute Gasteiger partial charge is 0.239 e. The van der Waals surface area contributed by atoms with Crippen molar-refractivity contribution < 1.29 is 9.59 Å². The van der Waals surface area contributed by atoms with Gasteiger partial charge in [0.1, 0.15) is 0 Å². The maximum atomic E-state index is 13.0. The third kappa shape index (κ3) is 2.21. The summed E-state index contributed by atoms with van der Waals surface area (Å²) < 4.78 is 0.936. The van der Waals surface area contributed by atoms with Gasteiger partial charge in [-0.1, -0.05) is 22.0 Å². The molecule has 5 heteroatoms. The molecule has 2 amide bonds. The number of fused-ring (bicyclic) bond motifs is 3. The van der Waals surface area contributed by atoms with Crippen molar-refractivity contribution in [1.29, 1.82) is 0 Å². The molecule has 0 aromatic heterocycles. The number of halogens is 1. The fourth-order valence-electron chi connectivity index (χ4n) is 4.51. The summed E-state index contributed by atoms with van der Waals surface area (Å²) in [6, 6.07) is 7.52. The maximum Gasteiger partial charge on any atom is 0.239 e. The third-order valence-corrected chi connectivity index (χ3v) is 6.04. The van der Waals surface area contributed by atoms with E-state index in [1.807, 2.05) is 30.3 Å². The van der Waals surface area contributed by atoms with E-state index in [9.17, 15) is 9.59 Å². The van der Waals surface area contributed by atoms with Gasteiger partial charge in [0.05, 0.1) is 17.5 Å². The van der Waals surface area contributed by atoms with Crippen LogP contribution in [0.15, 0.2) is 41.4 Å². The fraction of sp³-hybridized carbons (Fsp3) is 0.444. The Hall–Kier alpha value is -1.46. The lowest BCUT2D eigenvalue weighted by atomic mass is 9.81. The Morgan fingerprint density at radius 1 is 1.17 bits per heavy atom. The molecule has 4 rings (SSSR count). The first kappa shape index (κ1) is 15.1. The quantitative estimate of drug-likeness (QED) is 0.590. The van der Waals surface area contributed by atoms with Crippen molar-refractivity contribution in [3.8, 4) is 0 Å². The van der Waals surface area contributed by atoms with E-state index in [1.54, 1.807) is 0 Å². The molecule has 1 aromatic carbocycles. The van der Waals surface area contributed by atoms with Gasteiger partial charge in [0, 0.05) is 17.1 Å². The van der Waals surface area contributed by atoms with Crippen LogP contribution in [0, 0.1) is 17.8 Å².